The Labute approximate surface area is 249 Å². The van der Waals surface area contributed by atoms with Gasteiger partial charge in [-0.05, 0) is 72.5 Å². The lowest BCUT2D eigenvalue weighted by Crippen LogP contribution is -2.31. The predicted molar refractivity (Wildman–Crippen MR) is 171 cm³/mol. The van der Waals surface area contributed by atoms with Gasteiger partial charge in [0.05, 0.1) is 50.0 Å². The molecular weight excluding hydrogens is 528 g/mol. The molecule has 0 amide bonds. The highest BCUT2D eigenvalue weighted by molar-refractivity contribution is 5.86. The fourth-order valence-corrected chi connectivity index (χ4v) is 4.81. The molecule has 2 unspecified atom stereocenters. The average molecular weight is 571 g/mol. The Morgan fingerprint density at radius 1 is 0.690 bits per heavy atom. The number of methoxy groups -OCH3 is 2. The second kappa shape index (κ2) is 14.6. The number of hydrogen-bond acceptors (Lipinski definition) is 8. The van der Waals surface area contributed by atoms with Crippen LogP contribution >= 0.6 is 0 Å². The summed E-state index contributed by atoms with van der Waals surface area (Å²) in [6.07, 6.45) is 4.47. The highest BCUT2D eigenvalue weighted by atomic mass is 16.6. The van der Waals surface area contributed by atoms with Crippen LogP contribution in [0.5, 0.6) is 0 Å². The molecule has 42 heavy (non-hydrogen) atoms. The van der Waals surface area contributed by atoms with Crippen LogP contribution in [0.25, 0.3) is 0 Å². The Hall–Kier alpha value is -3.56. The lowest BCUT2D eigenvalue weighted by atomic mass is 10.1. The van der Waals surface area contributed by atoms with Gasteiger partial charge in [0, 0.05) is 64.2 Å². The molecule has 5 rings (SSSR count). The Balaban J connectivity index is 1.19. The van der Waals surface area contributed by atoms with E-state index in [1.54, 1.807) is 14.2 Å². The van der Waals surface area contributed by atoms with Crippen LogP contribution in [0, 0.1) is 13.8 Å². The van der Waals surface area contributed by atoms with E-state index in [9.17, 15) is 0 Å². The summed E-state index contributed by atoms with van der Waals surface area (Å²) in [4.78, 5) is 14.2. The zero-order valence-corrected chi connectivity index (χ0v) is 25.2. The molecule has 0 saturated carbocycles. The monoisotopic (exact) mass is 570 g/mol. The standard InChI is InChI=1S/C34H42N4O4/c1-25-17-29(37(13-15-39-3)21-31-23-41-31)9-11-33(25)35-19-27-5-7-28(8-6-27)20-36-34-12-10-30(18-26(34)2)38(14-16-40-4)22-32-24-42-32/h5-12,17-20,31-32H,13-16,21-24H2,1-4H3. The van der Waals surface area contributed by atoms with Crippen LogP contribution in [0.1, 0.15) is 22.3 Å². The molecule has 2 heterocycles. The van der Waals surface area contributed by atoms with E-state index in [-0.39, 0.29) is 0 Å². The van der Waals surface area contributed by atoms with Crippen molar-refractivity contribution in [2.75, 3.05) is 76.6 Å². The Kier molecular flexibility index (Phi) is 10.4. The zero-order valence-electron chi connectivity index (χ0n) is 25.2. The lowest BCUT2D eigenvalue weighted by Gasteiger charge is -2.24. The van der Waals surface area contributed by atoms with Crippen molar-refractivity contribution in [1.82, 2.24) is 0 Å². The third-order valence-corrected chi connectivity index (χ3v) is 7.52. The van der Waals surface area contributed by atoms with E-state index in [1.807, 2.05) is 12.4 Å². The first-order chi connectivity index (χ1) is 20.5. The SMILES string of the molecule is COCCN(CC1CO1)c1ccc(N=Cc2ccc(C=Nc3ccc(N(CCOC)CC4CO4)cc3C)cc2)c(C)c1. The first-order valence-electron chi connectivity index (χ1n) is 14.6. The molecule has 8 nitrogen and oxygen atoms in total. The smallest absolute Gasteiger partial charge is 0.0984 e. The van der Waals surface area contributed by atoms with Crippen molar-refractivity contribution in [2.45, 2.75) is 26.1 Å². The molecule has 0 bridgehead atoms. The number of aliphatic imine (C=N–C) groups is 2. The van der Waals surface area contributed by atoms with Gasteiger partial charge in [0.1, 0.15) is 0 Å². The van der Waals surface area contributed by atoms with E-state index in [4.69, 9.17) is 28.9 Å². The minimum absolute atomic E-state index is 0.326. The van der Waals surface area contributed by atoms with Crippen molar-refractivity contribution < 1.29 is 18.9 Å². The van der Waals surface area contributed by atoms with Crippen LogP contribution in [-0.2, 0) is 18.9 Å². The van der Waals surface area contributed by atoms with Gasteiger partial charge in [-0.25, -0.2) is 0 Å². The molecule has 0 aliphatic carbocycles. The van der Waals surface area contributed by atoms with Crippen LogP contribution in [0.4, 0.5) is 22.7 Å². The van der Waals surface area contributed by atoms with E-state index in [0.29, 0.717) is 25.4 Å². The molecule has 2 aliphatic rings. The highest BCUT2D eigenvalue weighted by Crippen LogP contribution is 2.28. The number of ether oxygens (including phenoxy) is 4. The van der Waals surface area contributed by atoms with Gasteiger partial charge < -0.3 is 28.7 Å². The number of hydrogen-bond donors (Lipinski definition) is 0. The van der Waals surface area contributed by atoms with Crippen LogP contribution < -0.4 is 9.80 Å². The molecule has 8 heteroatoms. The van der Waals surface area contributed by atoms with Gasteiger partial charge in [0.15, 0.2) is 0 Å². The second-order valence-electron chi connectivity index (χ2n) is 10.9. The molecule has 2 aliphatic heterocycles. The van der Waals surface area contributed by atoms with E-state index in [0.717, 1.165) is 73.0 Å². The Bertz CT molecular complexity index is 1260. The van der Waals surface area contributed by atoms with Gasteiger partial charge in [0.2, 0.25) is 0 Å². The summed E-state index contributed by atoms with van der Waals surface area (Å²) >= 11 is 0. The predicted octanol–water partition coefficient (Wildman–Crippen LogP) is 5.51. The van der Waals surface area contributed by atoms with E-state index >= 15 is 0 Å². The van der Waals surface area contributed by atoms with Gasteiger partial charge >= 0.3 is 0 Å². The molecule has 0 radical (unpaired) electrons. The maximum atomic E-state index is 5.45. The number of nitrogens with zero attached hydrogens (tertiary/aromatic N) is 4. The maximum absolute atomic E-state index is 5.45. The molecule has 3 aromatic carbocycles. The van der Waals surface area contributed by atoms with Crippen molar-refractivity contribution in [3.63, 3.8) is 0 Å². The van der Waals surface area contributed by atoms with E-state index < -0.39 is 0 Å². The number of epoxide rings is 2. The first kappa shape index (κ1) is 29.9. The third-order valence-electron chi connectivity index (χ3n) is 7.52. The van der Waals surface area contributed by atoms with Crippen LogP contribution in [0.2, 0.25) is 0 Å². The van der Waals surface area contributed by atoms with E-state index in [2.05, 4.69) is 84.3 Å². The van der Waals surface area contributed by atoms with Crippen LogP contribution in [0.3, 0.4) is 0 Å². The summed E-state index contributed by atoms with van der Waals surface area (Å²) in [7, 11) is 3.47. The molecule has 0 N–H and O–H groups in total. The van der Waals surface area contributed by atoms with Crippen molar-refractivity contribution in [3.05, 3.63) is 82.9 Å². The van der Waals surface area contributed by atoms with Crippen LogP contribution in [-0.4, -0.2) is 91.5 Å². The summed E-state index contributed by atoms with van der Waals surface area (Å²) in [5.74, 6) is 0. The molecule has 2 saturated heterocycles. The van der Waals surface area contributed by atoms with Crippen molar-refractivity contribution in [2.24, 2.45) is 9.98 Å². The van der Waals surface area contributed by atoms with Crippen molar-refractivity contribution in [3.8, 4) is 0 Å². The molecular formula is C34H42N4O4. The minimum Gasteiger partial charge on any atom is -0.383 e. The van der Waals surface area contributed by atoms with Gasteiger partial charge in [-0.15, -0.1) is 0 Å². The molecule has 0 aromatic heterocycles. The van der Waals surface area contributed by atoms with Gasteiger partial charge in [0.25, 0.3) is 0 Å². The molecule has 222 valence electrons. The largest absolute Gasteiger partial charge is 0.383 e. The zero-order chi connectivity index (χ0) is 29.3. The van der Waals surface area contributed by atoms with Crippen molar-refractivity contribution >= 4 is 35.2 Å². The molecule has 3 aromatic rings. The summed E-state index contributed by atoms with van der Waals surface area (Å²) in [6.45, 7) is 10.7. The summed E-state index contributed by atoms with van der Waals surface area (Å²) in [5, 5.41) is 0. The summed E-state index contributed by atoms with van der Waals surface area (Å²) < 4.78 is 21.5. The number of rotatable bonds is 16. The fourth-order valence-electron chi connectivity index (χ4n) is 4.81. The van der Waals surface area contributed by atoms with Gasteiger partial charge in [-0.3, -0.25) is 9.98 Å². The first-order valence-corrected chi connectivity index (χ1v) is 14.6. The van der Waals surface area contributed by atoms with Gasteiger partial charge in [-0.1, -0.05) is 24.3 Å². The average Bonchev–Trinajstić information content (AvgIpc) is 3.94. The molecule has 2 fully saturated rings. The number of aryl methyl sites for hydroxylation is 2. The van der Waals surface area contributed by atoms with E-state index in [1.165, 1.54) is 11.4 Å². The van der Waals surface area contributed by atoms with Gasteiger partial charge in [-0.2, -0.15) is 0 Å². The highest BCUT2D eigenvalue weighted by Gasteiger charge is 2.26. The van der Waals surface area contributed by atoms with Crippen molar-refractivity contribution in [1.29, 1.82) is 0 Å². The van der Waals surface area contributed by atoms with Crippen LogP contribution in [0.15, 0.2) is 70.6 Å². The second-order valence-corrected chi connectivity index (χ2v) is 10.9. The Morgan fingerprint density at radius 3 is 1.43 bits per heavy atom. The minimum atomic E-state index is 0.326. The lowest BCUT2D eigenvalue weighted by molar-refractivity contribution is 0.204. The maximum Gasteiger partial charge on any atom is 0.0984 e. The third kappa shape index (κ3) is 8.72. The quantitative estimate of drug-likeness (QED) is 0.167. The molecule has 2 atom stereocenters. The normalized spacial score (nSPS) is 17.7. The fraction of sp³-hybridized carbons (Fsp3) is 0.412. The topological polar surface area (TPSA) is 74.7 Å². The number of anilines is 2. The Morgan fingerprint density at radius 2 is 1.10 bits per heavy atom. The summed E-state index contributed by atoms with van der Waals surface area (Å²) in [6, 6.07) is 21.1. The summed E-state index contributed by atoms with van der Waals surface area (Å²) in [5.41, 5.74) is 8.62. The number of benzene rings is 3. The molecule has 0 spiro atoms.